The standard InChI is InChI=1S/C31H42N3O2/c1-22(2)26-17-12-23(3)20-29(26)36-30(35)21-34-28-11-7-6-10-27(28)32(4)31(34)24-13-15-25(16-14-24)33-18-8-5-9-19-33/h6-7,10-11,13-16,22-23,26,29H,5,8-9,12,17-21H2,1-4H3/q+1/t23-,26+,29-/m1/s1. The molecule has 1 aliphatic carbocycles. The van der Waals surface area contributed by atoms with E-state index in [4.69, 9.17) is 4.74 Å². The van der Waals surface area contributed by atoms with Crippen LogP contribution in [0.3, 0.4) is 0 Å². The number of carbonyl (C=O) groups is 1. The van der Waals surface area contributed by atoms with E-state index in [0.717, 1.165) is 48.4 Å². The Balaban J connectivity index is 1.43. The molecule has 3 atom stereocenters. The molecule has 0 bridgehead atoms. The largest absolute Gasteiger partial charge is 0.459 e. The average molecular weight is 489 g/mol. The van der Waals surface area contributed by atoms with Gasteiger partial charge in [-0.3, -0.25) is 0 Å². The molecule has 2 fully saturated rings. The average Bonchev–Trinajstić information content (AvgIpc) is 3.16. The molecule has 2 aromatic carbocycles. The number of aryl methyl sites for hydroxylation is 1. The molecule has 3 aromatic rings. The molecule has 0 N–H and O–H groups in total. The van der Waals surface area contributed by atoms with Gasteiger partial charge in [0.15, 0.2) is 17.6 Å². The molecule has 1 saturated carbocycles. The molecule has 5 rings (SSSR count). The van der Waals surface area contributed by atoms with Gasteiger partial charge in [-0.1, -0.05) is 39.3 Å². The van der Waals surface area contributed by atoms with Gasteiger partial charge in [-0.25, -0.2) is 13.9 Å². The SMILES string of the molecule is CC(C)[C@@H]1CC[C@@H](C)C[C@H]1OC(=O)Cn1c(-c2ccc(N3CCCCC3)cc2)[n+](C)c2ccccc21. The van der Waals surface area contributed by atoms with Crippen molar-refractivity contribution >= 4 is 22.7 Å². The van der Waals surface area contributed by atoms with Crippen LogP contribution in [0.2, 0.25) is 0 Å². The summed E-state index contributed by atoms with van der Waals surface area (Å²) >= 11 is 0. The third-order valence-corrected chi connectivity index (χ3v) is 8.49. The molecule has 0 radical (unpaired) electrons. The second-order valence-electron chi connectivity index (χ2n) is 11.4. The predicted molar refractivity (Wildman–Crippen MR) is 146 cm³/mol. The van der Waals surface area contributed by atoms with Crippen LogP contribution < -0.4 is 9.47 Å². The lowest BCUT2D eigenvalue weighted by molar-refractivity contribution is -0.634. The zero-order valence-corrected chi connectivity index (χ0v) is 22.5. The van der Waals surface area contributed by atoms with E-state index in [1.165, 1.54) is 31.4 Å². The molecule has 0 amide bonds. The summed E-state index contributed by atoms with van der Waals surface area (Å²) in [4.78, 5) is 15.9. The number of piperidine rings is 1. The maximum absolute atomic E-state index is 13.4. The van der Waals surface area contributed by atoms with Crippen molar-refractivity contribution in [2.75, 3.05) is 18.0 Å². The van der Waals surface area contributed by atoms with Crippen LogP contribution in [0.5, 0.6) is 0 Å². The van der Waals surface area contributed by atoms with Crippen molar-refractivity contribution in [2.45, 2.75) is 71.9 Å². The van der Waals surface area contributed by atoms with E-state index in [-0.39, 0.29) is 18.6 Å². The van der Waals surface area contributed by atoms with Crippen LogP contribution >= 0.6 is 0 Å². The molecule has 2 heterocycles. The van der Waals surface area contributed by atoms with Crippen LogP contribution in [0.25, 0.3) is 22.4 Å². The lowest BCUT2D eigenvalue weighted by Crippen LogP contribution is -2.37. The Morgan fingerprint density at radius 1 is 1.03 bits per heavy atom. The molecular formula is C31H42N3O2+. The number of rotatable bonds is 6. The molecule has 192 valence electrons. The van der Waals surface area contributed by atoms with Gasteiger partial charge in [0.05, 0.1) is 12.6 Å². The number of carbonyl (C=O) groups excluding carboxylic acids is 1. The van der Waals surface area contributed by atoms with Crippen LogP contribution in [0.1, 0.15) is 59.3 Å². The van der Waals surface area contributed by atoms with Crippen molar-refractivity contribution in [2.24, 2.45) is 24.8 Å². The minimum Gasteiger partial charge on any atom is -0.459 e. The third-order valence-electron chi connectivity index (χ3n) is 8.49. The fourth-order valence-corrected chi connectivity index (χ4v) is 6.45. The van der Waals surface area contributed by atoms with Gasteiger partial charge in [0, 0.05) is 18.8 Å². The maximum Gasteiger partial charge on any atom is 0.348 e. The van der Waals surface area contributed by atoms with Crippen molar-refractivity contribution in [1.29, 1.82) is 0 Å². The van der Waals surface area contributed by atoms with Crippen LogP contribution in [0.15, 0.2) is 48.5 Å². The summed E-state index contributed by atoms with van der Waals surface area (Å²) < 4.78 is 10.6. The van der Waals surface area contributed by atoms with Gasteiger partial charge in [-0.15, -0.1) is 0 Å². The predicted octanol–water partition coefficient (Wildman–Crippen LogP) is 6.13. The van der Waals surface area contributed by atoms with Gasteiger partial charge in [-0.2, -0.15) is 0 Å². The van der Waals surface area contributed by atoms with Crippen LogP contribution in [-0.2, 0) is 23.1 Å². The third kappa shape index (κ3) is 5.02. The van der Waals surface area contributed by atoms with E-state index >= 15 is 0 Å². The molecule has 1 aliphatic heterocycles. The Hall–Kier alpha value is -2.82. The molecule has 0 unspecified atom stereocenters. The first-order valence-electron chi connectivity index (χ1n) is 13.9. The van der Waals surface area contributed by atoms with E-state index in [2.05, 4.69) is 84.3 Å². The highest BCUT2D eigenvalue weighted by molar-refractivity contribution is 5.80. The number of para-hydroxylation sites is 2. The summed E-state index contributed by atoms with van der Waals surface area (Å²) in [6.07, 6.45) is 7.23. The lowest BCUT2D eigenvalue weighted by Gasteiger charge is -2.36. The van der Waals surface area contributed by atoms with Crippen LogP contribution in [0.4, 0.5) is 5.69 Å². The molecule has 0 spiro atoms. The minimum absolute atomic E-state index is 0.0177. The minimum atomic E-state index is -0.132. The number of benzene rings is 2. The molecular weight excluding hydrogens is 446 g/mol. The van der Waals surface area contributed by atoms with Crippen molar-refractivity contribution in [3.05, 3.63) is 48.5 Å². The second kappa shape index (κ2) is 10.7. The quantitative estimate of drug-likeness (QED) is 0.310. The zero-order chi connectivity index (χ0) is 25.2. The van der Waals surface area contributed by atoms with E-state index in [1.54, 1.807) is 0 Å². The number of hydrogen-bond donors (Lipinski definition) is 0. The molecule has 2 aliphatic rings. The summed E-state index contributed by atoms with van der Waals surface area (Å²) in [5, 5.41) is 0. The van der Waals surface area contributed by atoms with Crippen molar-refractivity contribution in [3.8, 4) is 11.4 Å². The van der Waals surface area contributed by atoms with E-state index in [0.29, 0.717) is 17.8 Å². The summed E-state index contributed by atoms with van der Waals surface area (Å²) in [6.45, 7) is 9.29. The normalized spacial score (nSPS) is 22.8. The van der Waals surface area contributed by atoms with Gasteiger partial charge < -0.3 is 9.64 Å². The first-order chi connectivity index (χ1) is 17.4. The van der Waals surface area contributed by atoms with Crippen LogP contribution in [-0.4, -0.2) is 29.7 Å². The highest BCUT2D eigenvalue weighted by Crippen LogP contribution is 2.35. The highest BCUT2D eigenvalue weighted by Gasteiger charge is 2.34. The van der Waals surface area contributed by atoms with Crippen molar-refractivity contribution in [1.82, 2.24) is 4.57 Å². The van der Waals surface area contributed by atoms with Gasteiger partial charge in [0.1, 0.15) is 6.10 Å². The van der Waals surface area contributed by atoms with Crippen LogP contribution in [0, 0.1) is 17.8 Å². The Labute approximate surface area is 216 Å². The summed E-state index contributed by atoms with van der Waals surface area (Å²) in [5.41, 5.74) is 4.58. The lowest BCUT2D eigenvalue weighted by atomic mass is 9.75. The Kier molecular flexibility index (Phi) is 7.36. The van der Waals surface area contributed by atoms with Gasteiger partial charge in [-0.05, 0) is 86.3 Å². The number of esters is 1. The summed E-state index contributed by atoms with van der Waals surface area (Å²) in [7, 11) is 2.09. The van der Waals surface area contributed by atoms with Crippen molar-refractivity contribution in [3.63, 3.8) is 0 Å². The Morgan fingerprint density at radius 3 is 2.47 bits per heavy atom. The first-order valence-corrected chi connectivity index (χ1v) is 13.9. The van der Waals surface area contributed by atoms with E-state index in [1.807, 2.05) is 6.07 Å². The smallest absolute Gasteiger partial charge is 0.348 e. The highest BCUT2D eigenvalue weighted by atomic mass is 16.5. The van der Waals surface area contributed by atoms with Gasteiger partial charge in [0.25, 0.3) is 5.82 Å². The molecule has 5 nitrogen and oxygen atoms in total. The number of anilines is 1. The number of imidazole rings is 1. The zero-order valence-electron chi connectivity index (χ0n) is 22.5. The summed E-state index contributed by atoms with van der Waals surface area (Å²) in [5.74, 6) is 2.49. The molecule has 5 heteroatoms. The fourth-order valence-electron chi connectivity index (χ4n) is 6.45. The number of nitrogens with zero attached hydrogens (tertiary/aromatic N) is 3. The Morgan fingerprint density at radius 2 is 1.75 bits per heavy atom. The number of aromatic nitrogens is 2. The van der Waals surface area contributed by atoms with E-state index in [9.17, 15) is 4.79 Å². The van der Waals surface area contributed by atoms with Gasteiger partial charge >= 0.3 is 5.97 Å². The van der Waals surface area contributed by atoms with Gasteiger partial charge in [0.2, 0.25) is 0 Å². The van der Waals surface area contributed by atoms with Crippen molar-refractivity contribution < 1.29 is 14.1 Å². The monoisotopic (exact) mass is 488 g/mol. The molecule has 1 saturated heterocycles. The topological polar surface area (TPSA) is 38.4 Å². The Bertz CT molecular complexity index is 1190. The number of hydrogen-bond acceptors (Lipinski definition) is 3. The first kappa shape index (κ1) is 24.9. The maximum atomic E-state index is 13.4. The number of fused-ring (bicyclic) bond motifs is 1. The fraction of sp³-hybridized carbons (Fsp3) is 0.548. The number of ether oxygens (including phenoxy) is 1. The van der Waals surface area contributed by atoms with E-state index < -0.39 is 0 Å². The molecule has 1 aromatic heterocycles. The molecule has 36 heavy (non-hydrogen) atoms. The second-order valence-corrected chi connectivity index (χ2v) is 11.4. The summed E-state index contributed by atoms with van der Waals surface area (Å²) in [6, 6.07) is 17.2.